The van der Waals surface area contributed by atoms with Gasteiger partial charge in [-0.2, -0.15) is 0 Å². The van der Waals surface area contributed by atoms with Crippen molar-refractivity contribution in [3.8, 4) is 0 Å². The zero-order valence-electron chi connectivity index (χ0n) is 31.9. The van der Waals surface area contributed by atoms with Gasteiger partial charge in [-0.05, 0) is 65.8 Å². The van der Waals surface area contributed by atoms with Gasteiger partial charge in [0.1, 0.15) is 6.04 Å². The molecule has 0 heterocycles. The van der Waals surface area contributed by atoms with Gasteiger partial charge in [-0.25, -0.2) is 0 Å². The minimum absolute atomic E-state index is 0.141. The standard InChI is InChI=1S/C49H56N2O3S/c52-46(37-55-49(41-27-13-4-14-28-41,42-29-15-5-16-30-42)43-31-17-6-18-32-43)44(33-19-26-38-20-7-1-8-21-38)47(53)51-45(36-40-24-11-3-12-25-40)48(54)50-35-34-39-22-9-2-10-23-39/h1-2,4-10,13-18,20-23,27-32,40,44-46,52H,3,11-12,19,24-26,33-37H2,(H,50,54)(H,51,53)/t44?,45-,46?/m0/s1. The van der Waals surface area contributed by atoms with Crippen molar-refractivity contribution in [3.05, 3.63) is 179 Å². The first kappa shape index (κ1) is 40.0. The van der Waals surface area contributed by atoms with E-state index in [1.807, 2.05) is 54.6 Å². The van der Waals surface area contributed by atoms with Crippen molar-refractivity contribution < 1.29 is 14.7 Å². The molecule has 0 bridgehead atoms. The van der Waals surface area contributed by atoms with Crippen LogP contribution in [0.15, 0.2) is 152 Å². The second kappa shape index (κ2) is 20.9. The fourth-order valence-corrected chi connectivity index (χ4v) is 9.69. The second-order valence-electron chi connectivity index (χ2n) is 15.0. The normalized spacial score (nSPS) is 15.1. The minimum Gasteiger partial charge on any atom is -0.391 e. The first-order chi connectivity index (χ1) is 27.0. The molecule has 2 unspecified atom stereocenters. The molecule has 1 aliphatic carbocycles. The molecule has 6 rings (SSSR count). The molecule has 1 aliphatic rings. The fourth-order valence-electron chi connectivity index (χ4n) is 8.13. The number of benzene rings is 5. The molecule has 5 nitrogen and oxygen atoms in total. The Morgan fingerprint density at radius 1 is 0.636 bits per heavy atom. The second-order valence-corrected chi connectivity index (χ2v) is 16.2. The number of hydrogen-bond acceptors (Lipinski definition) is 4. The van der Waals surface area contributed by atoms with Crippen LogP contribution in [0.1, 0.15) is 79.2 Å². The van der Waals surface area contributed by atoms with Crippen molar-refractivity contribution in [1.29, 1.82) is 0 Å². The Kier molecular flexibility index (Phi) is 15.2. The summed E-state index contributed by atoms with van der Waals surface area (Å²) in [5, 5.41) is 18.6. The van der Waals surface area contributed by atoms with Crippen LogP contribution in [0.25, 0.3) is 0 Å². The van der Waals surface area contributed by atoms with Gasteiger partial charge in [-0.15, -0.1) is 11.8 Å². The largest absolute Gasteiger partial charge is 0.391 e. The maximum atomic E-state index is 14.6. The van der Waals surface area contributed by atoms with Crippen LogP contribution in [0.4, 0.5) is 0 Å². The Balaban J connectivity index is 1.25. The van der Waals surface area contributed by atoms with Gasteiger partial charge in [0.25, 0.3) is 0 Å². The van der Waals surface area contributed by atoms with Gasteiger partial charge in [0.15, 0.2) is 0 Å². The summed E-state index contributed by atoms with van der Waals surface area (Å²) in [5.74, 6) is -0.372. The van der Waals surface area contributed by atoms with Crippen LogP contribution in [-0.4, -0.2) is 41.4 Å². The van der Waals surface area contributed by atoms with E-state index in [1.165, 1.54) is 12.0 Å². The highest BCUT2D eigenvalue weighted by atomic mass is 32.2. The van der Waals surface area contributed by atoms with E-state index in [0.717, 1.165) is 67.2 Å². The quantitative estimate of drug-likeness (QED) is 0.0735. The molecule has 0 aromatic heterocycles. The van der Waals surface area contributed by atoms with Gasteiger partial charge < -0.3 is 15.7 Å². The lowest BCUT2D eigenvalue weighted by Gasteiger charge is -2.37. The topological polar surface area (TPSA) is 78.4 Å². The van der Waals surface area contributed by atoms with E-state index in [2.05, 4.69) is 108 Å². The molecule has 0 spiro atoms. The monoisotopic (exact) mass is 752 g/mol. The smallest absolute Gasteiger partial charge is 0.242 e. The highest BCUT2D eigenvalue weighted by molar-refractivity contribution is 8.00. The number of carbonyl (C=O) groups excluding carboxylic acids is 2. The van der Waals surface area contributed by atoms with Crippen molar-refractivity contribution in [2.45, 2.75) is 81.1 Å². The molecule has 0 radical (unpaired) electrons. The Bertz CT molecular complexity index is 1760. The van der Waals surface area contributed by atoms with Crippen molar-refractivity contribution in [2.24, 2.45) is 11.8 Å². The number of nitrogens with one attached hydrogen (secondary N) is 2. The fraction of sp³-hybridized carbons (Fsp3) is 0.347. The van der Waals surface area contributed by atoms with E-state index in [1.54, 1.807) is 11.8 Å². The minimum atomic E-state index is -0.951. The van der Waals surface area contributed by atoms with E-state index in [-0.39, 0.29) is 11.8 Å². The molecule has 1 fully saturated rings. The molecule has 6 heteroatoms. The van der Waals surface area contributed by atoms with E-state index in [4.69, 9.17) is 0 Å². The maximum absolute atomic E-state index is 14.6. The molecule has 55 heavy (non-hydrogen) atoms. The number of amides is 2. The number of thioether (sulfide) groups is 1. The van der Waals surface area contributed by atoms with E-state index >= 15 is 0 Å². The van der Waals surface area contributed by atoms with E-state index < -0.39 is 22.8 Å². The summed E-state index contributed by atoms with van der Waals surface area (Å²) in [6, 6.07) is 51.1. The van der Waals surface area contributed by atoms with Crippen LogP contribution in [0.5, 0.6) is 0 Å². The Morgan fingerprint density at radius 2 is 1.11 bits per heavy atom. The lowest BCUT2D eigenvalue weighted by Crippen LogP contribution is -2.51. The summed E-state index contributed by atoms with van der Waals surface area (Å²) in [4.78, 5) is 28.4. The predicted octanol–water partition coefficient (Wildman–Crippen LogP) is 9.53. The Labute approximate surface area is 332 Å². The summed E-state index contributed by atoms with van der Waals surface area (Å²) in [6.07, 6.45) is 8.12. The van der Waals surface area contributed by atoms with Crippen LogP contribution >= 0.6 is 11.8 Å². The van der Waals surface area contributed by atoms with Crippen LogP contribution in [-0.2, 0) is 27.2 Å². The SMILES string of the molecule is O=C(N[C@@H](CC1CCCCC1)C(=O)NCCc1ccccc1)C(CCCc1ccccc1)C(O)CSC(c1ccccc1)(c1ccccc1)c1ccccc1. The van der Waals surface area contributed by atoms with Gasteiger partial charge >= 0.3 is 0 Å². The lowest BCUT2D eigenvalue weighted by molar-refractivity contribution is -0.133. The average Bonchev–Trinajstić information content (AvgIpc) is 3.24. The summed E-state index contributed by atoms with van der Waals surface area (Å²) < 4.78 is -0.627. The summed E-state index contributed by atoms with van der Waals surface area (Å²) in [7, 11) is 0. The third-order valence-corrected chi connectivity index (χ3v) is 12.8. The number of rotatable bonds is 19. The number of aliphatic hydroxyl groups excluding tert-OH is 1. The summed E-state index contributed by atoms with van der Waals surface area (Å²) in [6.45, 7) is 0.500. The molecular weight excluding hydrogens is 697 g/mol. The Hall–Kier alpha value is -4.65. The van der Waals surface area contributed by atoms with Crippen LogP contribution in [0, 0.1) is 11.8 Å². The van der Waals surface area contributed by atoms with Crippen molar-refractivity contribution >= 4 is 23.6 Å². The zero-order valence-corrected chi connectivity index (χ0v) is 32.7. The van der Waals surface area contributed by atoms with E-state index in [9.17, 15) is 14.7 Å². The van der Waals surface area contributed by atoms with Crippen molar-refractivity contribution in [3.63, 3.8) is 0 Å². The van der Waals surface area contributed by atoms with Gasteiger partial charge in [-0.3, -0.25) is 9.59 Å². The Morgan fingerprint density at radius 3 is 1.62 bits per heavy atom. The molecule has 3 atom stereocenters. The predicted molar refractivity (Wildman–Crippen MR) is 227 cm³/mol. The molecule has 1 saturated carbocycles. The van der Waals surface area contributed by atoms with Crippen molar-refractivity contribution in [2.75, 3.05) is 12.3 Å². The van der Waals surface area contributed by atoms with Gasteiger partial charge in [0, 0.05) is 12.3 Å². The van der Waals surface area contributed by atoms with Gasteiger partial charge in [0.05, 0.1) is 16.8 Å². The van der Waals surface area contributed by atoms with Gasteiger partial charge in [-0.1, -0.05) is 184 Å². The number of aryl methyl sites for hydroxylation is 1. The van der Waals surface area contributed by atoms with Gasteiger partial charge in [0.2, 0.25) is 11.8 Å². The summed E-state index contributed by atoms with van der Waals surface area (Å²) >= 11 is 1.67. The third-order valence-electron chi connectivity index (χ3n) is 11.1. The number of aliphatic hydroxyl groups is 1. The first-order valence-electron chi connectivity index (χ1n) is 20.2. The van der Waals surface area contributed by atoms with Crippen LogP contribution in [0.3, 0.4) is 0 Å². The molecule has 5 aromatic rings. The molecular formula is C49H56N2O3S. The lowest BCUT2D eigenvalue weighted by atomic mass is 9.84. The first-order valence-corrected chi connectivity index (χ1v) is 21.2. The average molecular weight is 753 g/mol. The van der Waals surface area contributed by atoms with Crippen molar-refractivity contribution in [1.82, 2.24) is 10.6 Å². The molecule has 286 valence electrons. The number of carbonyl (C=O) groups is 2. The van der Waals surface area contributed by atoms with Crippen LogP contribution in [0.2, 0.25) is 0 Å². The highest BCUT2D eigenvalue weighted by Gasteiger charge is 2.39. The maximum Gasteiger partial charge on any atom is 0.242 e. The molecule has 0 aliphatic heterocycles. The highest BCUT2D eigenvalue weighted by Crippen LogP contribution is 2.49. The van der Waals surface area contributed by atoms with E-state index in [0.29, 0.717) is 31.1 Å². The molecule has 2 amide bonds. The summed E-state index contributed by atoms with van der Waals surface area (Å²) in [5.41, 5.74) is 5.68. The molecule has 5 aromatic carbocycles. The zero-order chi connectivity index (χ0) is 38.1. The molecule has 0 saturated heterocycles. The van der Waals surface area contributed by atoms with Crippen LogP contribution < -0.4 is 10.6 Å². The third kappa shape index (κ3) is 11.2. The number of hydrogen-bond donors (Lipinski definition) is 3. The molecule has 3 N–H and O–H groups in total.